The Kier molecular flexibility index (Phi) is 6.88. The molecule has 2 aromatic carbocycles. The molecule has 168 valence electrons. The number of esters is 1. The minimum atomic E-state index is -0.986. The fraction of sp³-hybridized carbons (Fsp3) is 0.304. The number of nitrogens with one attached hydrogen (secondary N) is 1. The van der Waals surface area contributed by atoms with Crippen molar-refractivity contribution in [1.82, 2.24) is 14.8 Å². The van der Waals surface area contributed by atoms with Crippen LogP contribution in [-0.2, 0) is 16.1 Å². The van der Waals surface area contributed by atoms with Crippen molar-refractivity contribution < 1.29 is 19.4 Å². The maximum atomic E-state index is 12.5. The van der Waals surface area contributed by atoms with Gasteiger partial charge in [0.25, 0.3) is 0 Å². The summed E-state index contributed by atoms with van der Waals surface area (Å²) in [6.07, 6.45) is -0.755. The van der Waals surface area contributed by atoms with Crippen molar-refractivity contribution in [3.8, 4) is 0 Å². The Balaban J connectivity index is 1.65. The van der Waals surface area contributed by atoms with Gasteiger partial charge in [0.2, 0.25) is 0 Å². The van der Waals surface area contributed by atoms with Crippen LogP contribution in [0.1, 0.15) is 54.2 Å². The molecule has 1 aromatic heterocycles. The number of H-pyrrole nitrogens is 1. The van der Waals surface area contributed by atoms with Crippen molar-refractivity contribution in [2.45, 2.75) is 50.0 Å². The summed E-state index contributed by atoms with van der Waals surface area (Å²) in [5.41, 5.74) is 1.99. The average Bonchev–Trinajstić information content (AvgIpc) is 3.10. The van der Waals surface area contributed by atoms with Crippen molar-refractivity contribution in [2.75, 3.05) is 0 Å². The quantitative estimate of drug-likeness (QED) is 0.392. The summed E-state index contributed by atoms with van der Waals surface area (Å²) in [5.74, 6) is -1.23. The molecule has 32 heavy (non-hydrogen) atoms. The second-order valence-electron chi connectivity index (χ2n) is 7.95. The number of nitrogens with zero attached hydrogens (tertiary/aromatic N) is 2. The first kappa shape index (κ1) is 23.3. The van der Waals surface area contributed by atoms with E-state index >= 15 is 0 Å². The Labute approximate surface area is 189 Å². The number of benzene rings is 2. The van der Waals surface area contributed by atoms with E-state index in [0.717, 1.165) is 16.0 Å². The van der Waals surface area contributed by atoms with E-state index in [4.69, 9.17) is 4.74 Å². The van der Waals surface area contributed by atoms with E-state index in [0.29, 0.717) is 12.1 Å². The smallest absolute Gasteiger partial charge is 0.343 e. The standard InChI is InChI=1S/C23H25N3O5S/c1-14-5-7-16(8-6-14)13-26-22(30)24-19(25-26)15(2)31-20(27)17-9-11-18(12-10-17)32-23(3,4)21(28)29/h5-12,15H,13H2,1-4H3,(H,28,29)(H,24,25,30)/t15-/m1/s1. The lowest BCUT2D eigenvalue weighted by Gasteiger charge is -2.18. The van der Waals surface area contributed by atoms with Crippen LogP contribution < -0.4 is 5.69 Å². The fourth-order valence-corrected chi connectivity index (χ4v) is 3.76. The number of carbonyl (C=O) groups excluding carboxylic acids is 1. The number of aromatic amines is 1. The molecule has 0 bridgehead atoms. The number of hydrogen-bond acceptors (Lipinski definition) is 6. The minimum Gasteiger partial charge on any atom is -0.480 e. The molecular formula is C23H25N3O5S. The number of carboxylic acid groups (broad SMARTS) is 1. The molecule has 0 aliphatic heterocycles. The topological polar surface area (TPSA) is 114 Å². The molecule has 2 N–H and O–H groups in total. The van der Waals surface area contributed by atoms with Gasteiger partial charge in [-0.25, -0.2) is 14.3 Å². The second kappa shape index (κ2) is 9.44. The lowest BCUT2D eigenvalue weighted by molar-refractivity contribution is -0.138. The first-order valence-electron chi connectivity index (χ1n) is 10.0. The highest BCUT2D eigenvalue weighted by Gasteiger charge is 2.28. The highest BCUT2D eigenvalue weighted by Crippen LogP contribution is 2.32. The number of hydrogen-bond donors (Lipinski definition) is 2. The number of thioether (sulfide) groups is 1. The van der Waals surface area contributed by atoms with Crippen LogP contribution >= 0.6 is 11.8 Å². The molecule has 0 saturated carbocycles. The van der Waals surface area contributed by atoms with Crippen molar-refractivity contribution in [2.24, 2.45) is 0 Å². The maximum absolute atomic E-state index is 12.5. The van der Waals surface area contributed by atoms with Gasteiger partial charge in [0.1, 0.15) is 4.75 Å². The normalized spacial score (nSPS) is 12.4. The summed E-state index contributed by atoms with van der Waals surface area (Å²) >= 11 is 1.19. The average molecular weight is 456 g/mol. The maximum Gasteiger partial charge on any atom is 0.343 e. The van der Waals surface area contributed by atoms with E-state index in [1.807, 2.05) is 31.2 Å². The number of carboxylic acids is 1. The summed E-state index contributed by atoms with van der Waals surface area (Å²) in [6, 6.07) is 14.3. The zero-order valence-corrected chi connectivity index (χ0v) is 19.1. The molecule has 0 amide bonds. The Morgan fingerprint density at radius 1 is 1.16 bits per heavy atom. The van der Waals surface area contributed by atoms with Crippen molar-refractivity contribution >= 4 is 23.7 Å². The fourth-order valence-electron chi connectivity index (χ4n) is 2.81. The number of aryl methyl sites for hydroxylation is 1. The SMILES string of the molecule is Cc1ccc(Cn2nc([C@@H](C)OC(=O)c3ccc(SC(C)(C)C(=O)O)cc3)[nH]c2=O)cc1. The van der Waals surface area contributed by atoms with Crippen LogP contribution in [0.4, 0.5) is 0 Å². The van der Waals surface area contributed by atoms with Gasteiger partial charge >= 0.3 is 17.6 Å². The van der Waals surface area contributed by atoms with Gasteiger partial charge in [-0.3, -0.25) is 9.78 Å². The molecule has 9 heteroatoms. The molecule has 1 atom stereocenters. The first-order valence-corrected chi connectivity index (χ1v) is 10.8. The van der Waals surface area contributed by atoms with E-state index < -0.39 is 22.8 Å². The predicted molar refractivity (Wildman–Crippen MR) is 121 cm³/mol. The molecule has 0 saturated heterocycles. The van der Waals surface area contributed by atoms with Gasteiger partial charge in [0.05, 0.1) is 12.1 Å². The summed E-state index contributed by atoms with van der Waals surface area (Å²) in [5, 5.41) is 13.5. The molecule has 0 aliphatic carbocycles. The molecule has 0 spiro atoms. The number of aliphatic carboxylic acids is 1. The number of ether oxygens (including phenoxy) is 1. The van der Waals surface area contributed by atoms with Gasteiger partial charge in [-0.1, -0.05) is 29.8 Å². The van der Waals surface area contributed by atoms with Crippen LogP contribution in [-0.4, -0.2) is 36.6 Å². The van der Waals surface area contributed by atoms with Crippen LogP contribution in [0.5, 0.6) is 0 Å². The molecule has 3 rings (SSSR count). The highest BCUT2D eigenvalue weighted by molar-refractivity contribution is 8.01. The molecule has 8 nitrogen and oxygen atoms in total. The number of aromatic nitrogens is 3. The Hall–Kier alpha value is -3.33. The van der Waals surface area contributed by atoms with Gasteiger partial charge in [-0.05, 0) is 57.5 Å². The number of rotatable bonds is 8. The summed E-state index contributed by atoms with van der Waals surface area (Å²) in [6.45, 7) is 7.15. The molecule has 3 aromatic rings. The lowest BCUT2D eigenvalue weighted by Crippen LogP contribution is -2.26. The van der Waals surface area contributed by atoms with E-state index in [2.05, 4.69) is 10.1 Å². The van der Waals surface area contributed by atoms with Gasteiger partial charge in [-0.15, -0.1) is 11.8 Å². The monoisotopic (exact) mass is 455 g/mol. The molecule has 1 heterocycles. The third kappa shape index (κ3) is 5.67. The third-order valence-electron chi connectivity index (χ3n) is 4.80. The van der Waals surface area contributed by atoms with Gasteiger partial charge in [-0.2, -0.15) is 5.10 Å². The van der Waals surface area contributed by atoms with Gasteiger partial charge in [0, 0.05) is 4.90 Å². The van der Waals surface area contributed by atoms with Gasteiger partial charge < -0.3 is 9.84 Å². The molecule has 0 fully saturated rings. The first-order chi connectivity index (χ1) is 15.0. The van der Waals surface area contributed by atoms with Crippen LogP contribution in [0.3, 0.4) is 0 Å². The Bertz CT molecular complexity index is 1160. The molecule has 0 aliphatic rings. The summed E-state index contributed by atoms with van der Waals surface area (Å²) < 4.78 is 5.76. The van der Waals surface area contributed by atoms with E-state index in [1.165, 1.54) is 16.4 Å². The van der Waals surface area contributed by atoms with Crippen molar-refractivity contribution in [3.05, 3.63) is 81.5 Å². The van der Waals surface area contributed by atoms with Crippen molar-refractivity contribution in [3.63, 3.8) is 0 Å². The largest absolute Gasteiger partial charge is 0.480 e. The van der Waals surface area contributed by atoms with Crippen LogP contribution in [0, 0.1) is 6.92 Å². The zero-order valence-electron chi connectivity index (χ0n) is 18.3. The number of carbonyl (C=O) groups is 2. The van der Waals surface area contributed by atoms with Crippen LogP contribution in [0.2, 0.25) is 0 Å². The highest BCUT2D eigenvalue weighted by atomic mass is 32.2. The lowest BCUT2D eigenvalue weighted by atomic mass is 10.1. The van der Waals surface area contributed by atoms with Crippen molar-refractivity contribution in [1.29, 1.82) is 0 Å². The van der Waals surface area contributed by atoms with E-state index in [9.17, 15) is 19.5 Å². The Morgan fingerprint density at radius 3 is 2.38 bits per heavy atom. The molecular weight excluding hydrogens is 430 g/mol. The molecule has 0 radical (unpaired) electrons. The van der Waals surface area contributed by atoms with Crippen LogP contribution in [0.15, 0.2) is 58.2 Å². The van der Waals surface area contributed by atoms with Crippen LogP contribution in [0.25, 0.3) is 0 Å². The summed E-state index contributed by atoms with van der Waals surface area (Å²) in [7, 11) is 0. The third-order valence-corrected chi connectivity index (χ3v) is 5.99. The molecule has 0 unspecified atom stereocenters. The zero-order chi connectivity index (χ0) is 23.5. The van der Waals surface area contributed by atoms with E-state index in [-0.39, 0.29) is 11.5 Å². The minimum absolute atomic E-state index is 0.255. The second-order valence-corrected chi connectivity index (χ2v) is 9.64. The predicted octanol–water partition coefficient (Wildman–Crippen LogP) is 3.80. The Morgan fingerprint density at radius 2 is 1.78 bits per heavy atom. The summed E-state index contributed by atoms with van der Waals surface area (Å²) in [4.78, 5) is 39.4. The van der Waals surface area contributed by atoms with E-state index in [1.54, 1.807) is 45.0 Å². The van der Waals surface area contributed by atoms with Gasteiger partial charge in [0.15, 0.2) is 11.9 Å².